The molecule has 1 aliphatic heterocycles. The zero-order valence-corrected chi connectivity index (χ0v) is 6.14. The fourth-order valence-electron chi connectivity index (χ4n) is 0.986. The number of nitrogens with two attached hydrogens (primary N) is 1. The first kappa shape index (κ1) is 7.90. The maximum atomic E-state index is 12.6. The van der Waals surface area contributed by atoms with Crippen LogP contribution in [-0.4, -0.2) is 25.6 Å². The Bertz CT molecular complexity index is 215. The summed E-state index contributed by atoms with van der Waals surface area (Å²) in [6.45, 7) is 0.208. The smallest absolute Gasteiger partial charge is 0.229 e. The highest BCUT2D eigenvalue weighted by molar-refractivity contribution is 7.86. The van der Waals surface area contributed by atoms with Crippen LogP contribution in [0.5, 0.6) is 0 Å². The number of hydrogen-bond donors (Lipinski definition) is 1. The third-order valence-electron chi connectivity index (χ3n) is 1.46. The van der Waals surface area contributed by atoms with E-state index in [1.807, 2.05) is 0 Å². The molecular weight excluding hydrogens is 159 g/mol. The van der Waals surface area contributed by atoms with E-state index in [9.17, 15) is 12.8 Å². The van der Waals surface area contributed by atoms with E-state index < -0.39 is 16.5 Å². The molecule has 4 nitrogen and oxygen atoms in total. The van der Waals surface area contributed by atoms with Crippen molar-refractivity contribution in [3.8, 4) is 0 Å². The molecule has 60 valence electrons. The summed E-state index contributed by atoms with van der Waals surface area (Å²) in [5.74, 6) is 0. The second-order valence-corrected chi connectivity index (χ2v) is 3.73. The second-order valence-electron chi connectivity index (χ2n) is 2.23. The maximum absolute atomic E-state index is 12.6. The van der Waals surface area contributed by atoms with Crippen molar-refractivity contribution in [2.45, 2.75) is 19.1 Å². The van der Waals surface area contributed by atoms with Crippen LogP contribution in [0, 0.1) is 0 Å². The van der Waals surface area contributed by atoms with Crippen LogP contribution >= 0.6 is 0 Å². The van der Waals surface area contributed by atoms with Crippen molar-refractivity contribution in [2.24, 2.45) is 5.14 Å². The van der Waals surface area contributed by atoms with Gasteiger partial charge in [0.1, 0.15) is 0 Å². The van der Waals surface area contributed by atoms with E-state index in [1.54, 1.807) is 0 Å². The van der Waals surface area contributed by atoms with Gasteiger partial charge in [-0.2, -0.15) is 12.7 Å². The summed E-state index contributed by atoms with van der Waals surface area (Å²) < 4.78 is 34.2. The number of halogens is 1. The van der Waals surface area contributed by atoms with Crippen LogP contribution in [-0.2, 0) is 10.2 Å². The van der Waals surface area contributed by atoms with Gasteiger partial charge in [0.25, 0.3) is 10.2 Å². The maximum Gasteiger partial charge on any atom is 0.279 e. The van der Waals surface area contributed by atoms with Crippen LogP contribution in [0.3, 0.4) is 0 Å². The molecule has 1 atom stereocenters. The standard InChI is InChI=1S/C4H9FN2O2S/c5-4-2-1-3-7(4)10(6,8)9/h4H,1-3H2,(H2,6,8,9). The average Bonchev–Trinajstić information content (AvgIpc) is 2.11. The SMILES string of the molecule is NS(=O)(=O)N1CCCC1F. The number of rotatable bonds is 1. The van der Waals surface area contributed by atoms with E-state index >= 15 is 0 Å². The van der Waals surface area contributed by atoms with Crippen LogP contribution in [0.15, 0.2) is 0 Å². The highest BCUT2D eigenvalue weighted by Gasteiger charge is 2.31. The predicted octanol–water partition coefficient (Wildman–Crippen LogP) is -0.419. The first-order valence-electron chi connectivity index (χ1n) is 2.95. The Morgan fingerprint density at radius 3 is 2.40 bits per heavy atom. The molecule has 1 rings (SSSR count). The van der Waals surface area contributed by atoms with Gasteiger partial charge < -0.3 is 0 Å². The number of hydrogen-bond acceptors (Lipinski definition) is 2. The van der Waals surface area contributed by atoms with Crippen LogP contribution in [0.1, 0.15) is 12.8 Å². The van der Waals surface area contributed by atoms with Crippen molar-refractivity contribution in [3.63, 3.8) is 0 Å². The molecule has 1 aliphatic rings. The summed E-state index contributed by atoms with van der Waals surface area (Å²) >= 11 is 0. The molecule has 0 aliphatic carbocycles. The van der Waals surface area contributed by atoms with Gasteiger partial charge in [-0.3, -0.25) is 0 Å². The highest BCUT2D eigenvalue weighted by atomic mass is 32.2. The summed E-state index contributed by atoms with van der Waals surface area (Å²) in [7, 11) is -3.79. The van der Waals surface area contributed by atoms with Gasteiger partial charge in [0.2, 0.25) is 0 Å². The van der Waals surface area contributed by atoms with Crippen molar-refractivity contribution in [2.75, 3.05) is 6.54 Å². The minimum atomic E-state index is -3.79. The normalized spacial score (nSPS) is 29.2. The molecule has 0 bridgehead atoms. The summed E-state index contributed by atoms with van der Waals surface area (Å²) in [5.41, 5.74) is 0. The topological polar surface area (TPSA) is 63.4 Å². The molecule has 0 aromatic heterocycles. The second kappa shape index (κ2) is 2.44. The minimum absolute atomic E-state index is 0.208. The Hall–Kier alpha value is -0.200. The molecule has 0 aromatic carbocycles. The lowest BCUT2D eigenvalue weighted by Gasteiger charge is -2.13. The first-order chi connectivity index (χ1) is 4.52. The monoisotopic (exact) mass is 168 g/mol. The number of nitrogens with zero attached hydrogens (tertiary/aromatic N) is 1. The Balaban J connectivity index is 2.74. The van der Waals surface area contributed by atoms with Gasteiger partial charge in [0, 0.05) is 6.54 Å². The average molecular weight is 168 g/mol. The molecule has 0 aromatic rings. The van der Waals surface area contributed by atoms with E-state index in [1.165, 1.54) is 0 Å². The fraction of sp³-hybridized carbons (Fsp3) is 1.00. The van der Waals surface area contributed by atoms with Crippen molar-refractivity contribution in [1.29, 1.82) is 0 Å². The summed E-state index contributed by atoms with van der Waals surface area (Å²) in [6.07, 6.45) is -0.594. The quantitative estimate of drug-likeness (QED) is 0.540. The molecule has 6 heteroatoms. The zero-order chi connectivity index (χ0) is 7.78. The molecule has 0 saturated carbocycles. The molecule has 0 spiro atoms. The zero-order valence-electron chi connectivity index (χ0n) is 5.33. The Labute approximate surface area is 59.0 Å². The van der Waals surface area contributed by atoms with E-state index in [0.29, 0.717) is 10.7 Å². The van der Waals surface area contributed by atoms with Crippen LogP contribution < -0.4 is 5.14 Å². The van der Waals surface area contributed by atoms with Crippen LogP contribution in [0.4, 0.5) is 4.39 Å². The molecular formula is C4H9FN2O2S. The third kappa shape index (κ3) is 1.44. The lowest BCUT2D eigenvalue weighted by Crippen LogP contribution is -2.38. The largest absolute Gasteiger partial charge is 0.279 e. The summed E-state index contributed by atoms with van der Waals surface area (Å²) in [5, 5.41) is 4.69. The van der Waals surface area contributed by atoms with Gasteiger partial charge in [0.05, 0.1) is 0 Å². The van der Waals surface area contributed by atoms with Gasteiger partial charge in [-0.15, -0.1) is 0 Å². The van der Waals surface area contributed by atoms with Gasteiger partial charge in [0.15, 0.2) is 6.30 Å². The summed E-state index contributed by atoms with van der Waals surface area (Å²) in [4.78, 5) is 0. The Morgan fingerprint density at radius 2 is 2.20 bits per heavy atom. The van der Waals surface area contributed by atoms with Crippen LogP contribution in [0.2, 0.25) is 0 Å². The molecule has 0 radical (unpaired) electrons. The van der Waals surface area contributed by atoms with Crippen molar-refractivity contribution >= 4 is 10.2 Å². The molecule has 1 fully saturated rings. The van der Waals surface area contributed by atoms with Gasteiger partial charge in [-0.05, 0) is 12.8 Å². The predicted molar refractivity (Wildman–Crippen MR) is 33.9 cm³/mol. The number of alkyl halides is 1. The first-order valence-corrected chi connectivity index (χ1v) is 4.46. The molecule has 1 unspecified atom stereocenters. The molecule has 1 heterocycles. The Morgan fingerprint density at radius 1 is 1.60 bits per heavy atom. The van der Waals surface area contributed by atoms with Crippen molar-refractivity contribution < 1.29 is 12.8 Å². The molecule has 10 heavy (non-hydrogen) atoms. The molecule has 2 N–H and O–H groups in total. The summed E-state index contributed by atoms with van der Waals surface area (Å²) in [6, 6.07) is 0. The molecule has 0 amide bonds. The molecule has 1 saturated heterocycles. The van der Waals surface area contributed by atoms with Crippen molar-refractivity contribution in [1.82, 2.24) is 4.31 Å². The van der Waals surface area contributed by atoms with E-state index in [2.05, 4.69) is 5.14 Å². The van der Waals surface area contributed by atoms with Gasteiger partial charge >= 0.3 is 0 Å². The van der Waals surface area contributed by atoms with Crippen LogP contribution in [0.25, 0.3) is 0 Å². The van der Waals surface area contributed by atoms with Crippen molar-refractivity contribution in [3.05, 3.63) is 0 Å². The Kier molecular flexibility index (Phi) is 1.93. The lowest BCUT2D eigenvalue weighted by molar-refractivity contribution is 0.211. The third-order valence-corrected chi connectivity index (χ3v) is 2.53. The fourth-order valence-corrected chi connectivity index (χ4v) is 1.79. The highest BCUT2D eigenvalue weighted by Crippen LogP contribution is 2.19. The lowest BCUT2D eigenvalue weighted by atomic mass is 10.4. The minimum Gasteiger partial charge on any atom is -0.229 e. The van der Waals surface area contributed by atoms with E-state index in [-0.39, 0.29) is 13.0 Å². The van der Waals surface area contributed by atoms with Gasteiger partial charge in [-0.25, -0.2) is 9.53 Å². The van der Waals surface area contributed by atoms with E-state index in [0.717, 1.165) is 0 Å². The van der Waals surface area contributed by atoms with E-state index in [4.69, 9.17) is 0 Å². The van der Waals surface area contributed by atoms with Gasteiger partial charge in [-0.1, -0.05) is 0 Å².